The molecule has 2 saturated carbocycles. The van der Waals surface area contributed by atoms with Gasteiger partial charge in [0, 0.05) is 31.2 Å². The predicted octanol–water partition coefficient (Wildman–Crippen LogP) is 5.14. The number of carbonyl (C=O) groups excluding carboxylic acids is 1. The molecule has 0 aliphatic heterocycles. The summed E-state index contributed by atoms with van der Waals surface area (Å²) in [4.78, 5) is 22.3. The number of rotatable bonds is 11. The number of likely N-dealkylation sites (N-methyl/N-ethyl adjacent to an activating group) is 1. The third kappa shape index (κ3) is 5.17. The Labute approximate surface area is 217 Å². The number of H-pyrrole nitrogens is 1. The van der Waals surface area contributed by atoms with Crippen LogP contribution in [-0.4, -0.2) is 55.5 Å². The minimum absolute atomic E-state index is 0.380. The molecule has 0 amide bonds. The van der Waals surface area contributed by atoms with Crippen LogP contribution in [0.2, 0.25) is 10.0 Å². The van der Waals surface area contributed by atoms with Crippen molar-refractivity contribution in [2.45, 2.75) is 44.6 Å². The molecule has 5 rings (SSSR count). The van der Waals surface area contributed by atoms with Crippen molar-refractivity contribution in [2.24, 2.45) is 17.3 Å². The number of carbonyl (C=O) groups is 1. The Bertz CT molecular complexity index is 1090. The summed E-state index contributed by atoms with van der Waals surface area (Å²) in [6.07, 6.45) is 14.3. The Morgan fingerprint density at radius 1 is 1.26 bits per heavy atom. The maximum Gasteiger partial charge on any atom is 0.204 e. The van der Waals surface area contributed by atoms with E-state index in [-0.39, 0.29) is 0 Å². The molecular weight excluding hydrogens is 481 g/mol. The molecule has 0 radical (unpaired) electrons. The first-order chi connectivity index (χ1) is 17.0. The summed E-state index contributed by atoms with van der Waals surface area (Å²) in [7, 11) is 1.98. The third-order valence-electron chi connectivity index (χ3n) is 8.28. The largest absolute Gasteiger partial charge is 0.339 e. The average molecular weight is 517 g/mol. The van der Waals surface area contributed by atoms with Crippen molar-refractivity contribution < 1.29 is 4.79 Å². The number of aromatic amines is 1. The number of aldehydes is 1. The van der Waals surface area contributed by atoms with Gasteiger partial charge in [-0.25, -0.2) is 4.98 Å². The van der Waals surface area contributed by atoms with Gasteiger partial charge >= 0.3 is 0 Å². The Hall–Kier alpha value is -1.86. The number of fused-ring (bicyclic) bond motifs is 2. The number of allylic oxidation sites excluding steroid dienone is 4. The number of anilines is 1. The smallest absolute Gasteiger partial charge is 0.204 e. The zero-order valence-corrected chi connectivity index (χ0v) is 21.8. The lowest BCUT2D eigenvalue weighted by atomic mass is 9.73. The Morgan fingerprint density at radius 3 is 2.91 bits per heavy atom. The van der Waals surface area contributed by atoms with E-state index in [4.69, 9.17) is 28.2 Å². The molecule has 8 heteroatoms. The van der Waals surface area contributed by atoms with Gasteiger partial charge in [0.1, 0.15) is 6.29 Å². The highest BCUT2D eigenvalue weighted by atomic mass is 35.5. The molecule has 1 aromatic carbocycles. The highest BCUT2D eigenvalue weighted by Gasteiger charge is 2.60. The molecule has 3 aliphatic rings. The van der Waals surface area contributed by atoms with Crippen LogP contribution in [0.5, 0.6) is 0 Å². The summed E-state index contributed by atoms with van der Waals surface area (Å²) in [5.41, 5.74) is 2.99. The normalized spacial score (nSPS) is 27.5. The lowest BCUT2D eigenvalue weighted by Crippen LogP contribution is -2.42. The van der Waals surface area contributed by atoms with E-state index in [2.05, 4.69) is 32.7 Å². The maximum absolute atomic E-state index is 11.3. The summed E-state index contributed by atoms with van der Waals surface area (Å²) in [5, 5.41) is 7.77. The molecule has 2 fully saturated rings. The van der Waals surface area contributed by atoms with Crippen molar-refractivity contribution in [1.82, 2.24) is 20.6 Å². The van der Waals surface area contributed by atoms with Crippen LogP contribution in [0, 0.1) is 17.3 Å². The van der Waals surface area contributed by atoms with Gasteiger partial charge in [-0.15, -0.1) is 0 Å². The molecule has 0 bridgehead atoms. The van der Waals surface area contributed by atoms with Crippen molar-refractivity contribution in [1.29, 1.82) is 0 Å². The topological polar surface area (TPSA) is 73.0 Å². The maximum atomic E-state index is 11.3. The minimum atomic E-state index is 0.380. The molecule has 3 aliphatic carbocycles. The van der Waals surface area contributed by atoms with Crippen molar-refractivity contribution in [3.63, 3.8) is 0 Å². The Morgan fingerprint density at radius 2 is 2.11 bits per heavy atom. The molecule has 0 spiro atoms. The fourth-order valence-electron chi connectivity index (χ4n) is 6.32. The van der Waals surface area contributed by atoms with E-state index < -0.39 is 0 Å². The van der Waals surface area contributed by atoms with E-state index in [9.17, 15) is 4.79 Å². The summed E-state index contributed by atoms with van der Waals surface area (Å²) in [5.74, 6) is 2.13. The fraction of sp³-hybridized carbons (Fsp3) is 0.556. The molecule has 3 N–H and O–H groups in total. The van der Waals surface area contributed by atoms with Crippen molar-refractivity contribution in [2.75, 3.05) is 38.1 Å². The first-order valence-corrected chi connectivity index (χ1v) is 13.6. The number of aromatic nitrogens is 2. The number of imidazole rings is 1. The monoisotopic (exact) mass is 515 g/mol. The van der Waals surface area contributed by atoms with Crippen LogP contribution in [-0.2, 0) is 4.79 Å². The van der Waals surface area contributed by atoms with Gasteiger partial charge in [0.2, 0.25) is 5.95 Å². The molecule has 1 heterocycles. The molecule has 2 aromatic rings. The highest BCUT2D eigenvalue weighted by Crippen LogP contribution is 2.67. The van der Waals surface area contributed by atoms with Crippen LogP contribution in [0.1, 0.15) is 38.5 Å². The van der Waals surface area contributed by atoms with E-state index in [1.807, 2.05) is 25.3 Å². The van der Waals surface area contributed by atoms with Gasteiger partial charge in [0.15, 0.2) is 0 Å². The Balaban J connectivity index is 1.31. The van der Waals surface area contributed by atoms with Crippen LogP contribution in [0.3, 0.4) is 0 Å². The molecule has 35 heavy (non-hydrogen) atoms. The van der Waals surface area contributed by atoms with Crippen molar-refractivity contribution in [3.8, 4) is 0 Å². The number of nitrogens with one attached hydrogen (secondary N) is 3. The summed E-state index contributed by atoms with van der Waals surface area (Å²) in [6, 6.07) is 4.16. The number of halogens is 2. The van der Waals surface area contributed by atoms with Gasteiger partial charge in [0.25, 0.3) is 0 Å². The van der Waals surface area contributed by atoms with Gasteiger partial charge < -0.3 is 20.5 Å². The molecule has 0 saturated heterocycles. The first kappa shape index (κ1) is 24.8. The number of nitrogens with zero attached hydrogens (tertiary/aromatic N) is 2. The van der Waals surface area contributed by atoms with Crippen LogP contribution in [0.15, 0.2) is 35.9 Å². The highest BCUT2D eigenvalue weighted by molar-refractivity contribution is 6.42. The fourth-order valence-corrected chi connectivity index (χ4v) is 6.64. The second kappa shape index (κ2) is 10.6. The zero-order valence-electron chi connectivity index (χ0n) is 20.3. The van der Waals surface area contributed by atoms with Gasteiger partial charge in [-0.1, -0.05) is 41.4 Å². The first-order valence-electron chi connectivity index (χ1n) is 12.8. The standard InChI is InChI=1S/C27H35Cl2N5O/c1-30-9-10-31-8-3-11-34(26-32-24-14-22(28)23(29)15-25(24)33-26)21-6-7-27(16-20(27)13-21)19-5-2-4-18(12-19)17-35/h2,4,12,14-15,17,19-21,30-31H,3,5-11,13,16H2,1H3,(H,32,33)/t19?,20?,21-,27-/m1/s1. The number of hydrogen-bond acceptors (Lipinski definition) is 5. The summed E-state index contributed by atoms with van der Waals surface area (Å²) >= 11 is 12.5. The van der Waals surface area contributed by atoms with Crippen molar-refractivity contribution >= 4 is 46.5 Å². The zero-order chi connectivity index (χ0) is 24.4. The number of hydrogen-bond donors (Lipinski definition) is 3. The van der Waals surface area contributed by atoms with Gasteiger partial charge in [-0.3, -0.25) is 4.79 Å². The van der Waals surface area contributed by atoms with Gasteiger partial charge in [-0.05, 0) is 81.5 Å². The predicted molar refractivity (Wildman–Crippen MR) is 144 cm³/mol. The third-order valence-corrected chi connectivity index (χ3v) is 9.00. The van der Waals surface area contributed by atoms with Crippen LogP contribution < -0.4 is 15.5 Å². The molecule has 1 aromatic heterocycles. The summed E-state index contributed by atoms with van der Waals surface area (Å²) < 4.78 is 0. The van der Waals surface area contributed by atoms with E-state index in [1.54, 1.807) is 0 Å². The average Bonchev–Trinajstić information content (AvgIpc) is 3.49. The molecule has 2 unspecified atom stereocenters. The molecule has 6 nitrogen and oxygen atoms in total. The second-order valence-corrected chi connectivity index (χ2v) is 11.2. The van der Waals surface area contributed by atoms with Crippen molar-refractivity contribution in [3.05, 3.63) is 46.0 Å². The number of benzene rings is 1. The van der Waals surface area contributed by atoms with E-state index in [1.165, 1.54) is 19.3 Å². The molecule has 4 atom stereocenters. The Kier molecular flexibility index (Phi) is 7.54. The van der Waals surface area contributed by atoms with E-state index >= 15 is 0 Å². The lowest BCUT2D eigenvalue weighted by molar-refractivity contribution is -0.104. The van der Waals surface area contributed by atoms with Crippen LogP contribution in [0.25, 0.3) is 11.0 Å². The minimum Gasteiger partial charge on any atom is -0.339 e. The molecular formula is C27H35Cl2N5O. The van der Waals surface area contributed by atoms with E-state index in [0.717, 1.165) is 74.3 Å². The van der Waals surface area contributed by atoms with Crippen LogP contribution in [0.4, 0.5) is 5.95 Å². The molecule has 188 valence electrons. The SMILES string of the molecule is CNCCNCCCN(c1nc2cc(Cl)c(Cl)cc2[nH]1)[C@@H]1CC[C@]2(C3C=C(C=O)C=CC3)CC2C1. The van der Waals surface area contributed by atoms with Gasteiger partial charge in [0.05, 0.1) is 21.1 Å². The second-order valence-electron chi connectivity index (χ2n) is 10.3. The summed E-state index contributed by atoms with van der Waals surface area (Å²) in [6.45, 7) is 3.86. The van der Waals surface area contributed by atoms with Gasteiger partial charge in [-0.2, -0.15) is 0 Å². The van der Waals surface area contributed by atoms with E-state index in [0.29, 0.717) is 33.3 Å². The lowest BCUT2D eigenvalue weighted by Gasteiger charge is -2.39. The van der Waals surface area contributed by atoms with Crippen LogP contribution >= 0.6 is 23.2 Å². The quantitative estimate of drug-likeness (QED) is 0.285.